The number of nitrogens with one attached hydrogen (secondary N) is 2. The Morgan fingerprint density at radius 3 is 2.41 bits per heavy atom. The van der Waals surface area contributed by atoms with Gasteiger partial charge in [-0.2, -0.15) is 5.26 Å². The zero-order chi connectivity index (χ0) is 35.9. The second-order valence-corrected chi connectivity index (χ2v) is 12.9. The van der Waals surface area contributed by atoms with Gasteiger partial charge in [0, 0.05) is 48.3 Å². The molecule has 6 rings (SSSR count). The van der Waals surface area contributed by atoms with E-state index in [1.807, 2.05) is 66.7 Å². The SMILES string of the molecule is N#Cc1cnc2c(Cl)cc(NC(/C(N)=C/N(N)C3CCN(C(=O)OCc4ccccc4)CC3)c3ccccc3)cc2c1Nc1ccc(F)c(Cl)c1. The molecule has 1 aliphatic heterocycles. The van der Waals surface area contributed by atoms with Crippen LogP contribution in [0.3, 0.4) is 0 Å². The first-order chi connectivity index (χ1) is 24.7. The minimum absolute atomic E-state index is 0.0580. The molecule has 0 radical (unpaired) electrons. The molecule has 260 valence electrons. The van der Waals surface area contributed by atoms with E-state index in [1.165, 1.54) is 24.4 Å². The zero-order valence-corrected chi connectivity index (χ0v) is 28.9. The summed E-state index contributed by atoms with van der Waals surface area (Å²) in [7, 11) is 0. The number of ether oxygens (including phenoxy) is 1. The quantitative estimate of drug-likeness (QED) is 0.0827. The Kier molecular flexibility index (Phi) is 11.1. The van der Waals surface area contributed by atoms with E-state index in [-0.39, 0.29) is 29.3 Å². The molecule has 51 heavy (non-hydrogen) atoms. The number of amides is 1. The average molecular weight is 726 g/mol. The lowest BCUT2D eigenvalue weighted by atomic mass is 10.0. The van der Waals surface area contributed by atoms with Crippen LogP contribution in [0.25, 0.3) is 10.9 Å². The van der Waals surface area contributed by atoms with Crippen molar-refractivity contribution in [2.75, 3.05) is 23.7 Å². The van der Waals surface area contributed by atoms with Gasteiger partial charge in [-0.25, -0.2) is 15.0 Å². The van der Waals surface area contributed by atoms with Crippen LogP contribution in [-0.4, -0.2) is 40.1 Å². The van der Waals surface area contributed by atoms with Gasteiger partial charge in [-0.3, -0.25) is 4.98 Å². The molecule has 1 aromatic heterocycles. The molecule has 1 amide bonds. The number of nitrogens with zero attached hydrogens (tertiary/aromatic N) is 4. The maximum atomic E-state index is 13.9. The van der Waals surface area contributed by atoms with Crippen molar-refractivity contribution >= 4 is 57.3 Å². The van der Waals surface area contributed by atoms with Gasteiger partial charge in [0.2, 0.25) is 0 Å². The molecule has 5 aromatic rings. The zero-order valence-electron chi connectivity index (χ0n) is 27.4. The van der Waals surface area contributed by atoms with Gasteiger partial charge in [0.05, 0.1) is 38.6 Å². The van der Waals surface area contributed by atoms with Crippen molar-refractivity contribution in [3.63, 3.8) is 0 Å². The maximum absolute atomic E-state index is 13.9. The van der Waals surface area contributed by atoms with Gasteiger partial charge in [0.1, 0.15) is 18.5 Å². The van der Waals surface area contributed by atoms with E-state index in [9.17, 15) is 14.4 Å². The molecule has 1 unspecified atom stereocenters. The van der Waals surface area contributed by atoms with Crippen molar-refractivity contribution in [1.82, 2.24) is 14.9 Å². The number of hydrogen-bond donors (Lipinski definition) is 4. The van der Waals surface area contributed by atoms with Gasteiger partial charge in [0.25, 0.3) is 0 Å². The number of fused-ring (bicyclic) bond motifs is 1. The largest absolute Gasteiger partial charge is 0.445 e. The standard InChI is InChI=1S/C38H35Cl2FN8O2/c39-31-18-27(11-12-33(31)41)46-35-26(20-42)21-45-37-30(35)17-28(19-32(37)40)47-36(25-9-5-2-6-10-25)34(43)22-49(44)29-13-15-48(16-14-29)38(50)51-23-24-7-3-1-4-8-24/h1-12,17-19,21-22,29,36,47H,13-16,23,43-44H2,(H,45,46)/b34-22-. The molecule has 1 saturated heterocycles. The number of anilines is 3. The third-order valence-electron chi connectivity index (χ3n) is 8.66. The molecule has 0 bridgehead atoms. The lowest BCUT2D eigenvalue weighted by molar-refractivity contribution is 0.0758. The third kappa shape index (κ3) is 8.44. The number of carbonyl (C=O) groups excluding carboxylic acids is 1. The number of rotatable bonds is 10. The minimum Gasteiger partial charge on any atom is -0.445 e. The number of nitrogens with two attached hydrogens (primary N) is 2. The van der Waals surface area contributed by atoms with Crippen LogP contribution in [0.5, 0.6) is 0 Å². The number of aromatic nitrogens is 1. The van der Waals surface area contributed by atoms with Crippen molar-refractivity contribution in [3.05, 3.63) is 142 Å². The normalized spacial score (nSPS) is 14.1. The van der Waals surface area contributed by atoms with Gasteiger partial charge in [-0.05, 0) is 54.3 Å². The minimum atomic E-state index is -0.560. The summed E-state index contributed by atoms with van der Waals surface area (Å²) in [5, 5.41) is 19.0. The highest BCUT2D eigenvalue weighted by molar-refractivity contribution is 6.36. The van der Waals surface area contributed by atoms with Crippen molar-refractivity contribution in [3.8, 4) is 6.07 Å². The van der Waals surface area contributed by atoms with Crippen LogP contribution in [0.4, 0.5) is 26.2 Å². The first-order valence-electron chi connectivity index (χ1n) is 16.2. The number of carbonyl (C=O) groups is 1. The van der Waals surface area contributed by atoms with Crippen molar-refractivity contribution < 1.29 is 13.9 Å². The van der Waals surface area contributed by atoms with E-state index in [1.54, 1.807) is 22.2 Å². The number of hydrogen-bond acceptors (Lipinski definition) is 9. The van der Waals surface area contributed by atoms with Gasteiger partial charge in [-0.1, -0.05) is 83.9 Å². The van der Waals surface area contributed by atoms with E-state index < -0.39 is 11.9 Å². The lowest BCUT2D eigenvalue weighted by Gasteiger charge is -2.36. The van der Waals surface area contributed by atoms with Gasteiger partial charge < -0.3 is 31.0 Å². The third-order valence-corrected chi connectivity index (χ3v) is 9.24. The van der Waals surface area contributed by atoms with Gasteiger partial charge in [-0.15, -0.1) is 0 Å². The van der Waals surface area contributed by atoms with Crippen LogP contribution in [0.2, 0.25) is 10.0 Å². The molecule has 0 aliphatic carbocycles. The van der Waals surface area contributed by atoms with Gasteiger partial charge >= 0.3 is 6.09 Å². The Labute approximate surface area is 305 Å². The van der Waals surface area contributed by atoms with E-state index >= 15 is 0 Å². The van der Waals surface area contributed by atoms with Crippen molar-refractivity contribution in [2.24, 2.45) is 11.6 Å². The molecular weight excluding hydrogens is 690 g/mol. The Balaban J connectivity index is 1.21. The molecular formula is C38H35Cl2FN8O2. The molecule has 2 heterocycles. The van der Waals surface area contributed by atoms with Crippen molar-refractivity contribution in [1.29, 1.82) is 5.26 Å². The fraction of sp³-hybridized carbons (Fsp3) is 0.184. The number of benzene rings is 4. The van der Waals surface area contributed by atoms with Crippen LogP contribution < -0.4 is 22.2 Å². The number of nitriles is 1. The average Bonchev–Trinajstić information content (AvgIpc) is 3.15. The molecule has 0 saturated carbocycles. The summed E-state index contributed by atoms with van der Waals surface area (Å²) in [5.41, 5.74) is 11.2. The predicted molar refractivity (Wildman–Crippen MR) is 198 cm³/mol. The molecule has 1 atom stereocenters. The van der Waals surface area contributed by atoms with E-state index in [2.05, 4.69) is 21.7 Å². The Bertz CT molecular complexity index is 2090. The molecule has 0 spiro atoms. The Hall–Kier alpha value is -5.54. The summed E-state index contributed by atoms with van der Waals surface area (Å²) in [6, 6.07) is 28.5. The highest BCUT2D eigenvalue weighted by atomic mass is 35.5. The monoisotopic (exact) mass is 724 g/mol. The van der Waals surface area contributed by atoms with Crippen LogP contribution in [0, 0.1) is 17.1 Å². The summed E-state index contributed by atoms with van der Waals surface area (Å²) < 4.78 is 19.4. The second-order valence-electron chi connectivity index (χ2n) is 12.1. The topological polar surface area (TPSA) is 146 Å². The van der Waals surface area contributed by atoms with Gasteiger partial charge in [0.15, 0.2) is 0 Å². The smallest absolute Gasteiger partial charge is 0.410 e. The number of hydrazine groups is 1. The molecule has 1 aliphatic rings. The van der Waals surface area contributed by atoms with Crippen LogP contribution in [0.1, 0.15) is 35.6 Å². The summed E-state index contributed by atoms with van der Waals surface area (Å²) in [6.07, 6.45) is 4.05. The highest BCUT2D eigenvalue weighted by Gasteiger charge is 2.27. The molecule has 4 aromatic carbocycles. The first kappa shape index (κ1) is 35.3. The van der Waals surface area contributed by atoms with Crippen molar-refractivity contribution in [2.45, 2.75) is 31.5 Å². The number of halogens is 3. The number of likely N-dealkylation sites (tertiary alicyclic amines) is 1. The molecule has 1 fully saturated rings. The number of pyridine rings is 1. The summed E-state index contributed by atoms with van der Waals surface area (Å²) in [4.78, 5) is 18.8. The van der Waals surface area contributed by atoms with E-state index in [0.717, 1.165) is 11.1 Å². The Morgan fingerprint density at radius 1 is 1.04 bits per heavy atom. The maximum Gasteiger partial charge on any atom is 0.410 e. The first-order valence-corrected chi connectivity index (χ1v) is 17.0. The highest BCUT2D eigenvalue weighted by Crippen LogP contribution is 2.37. The Morgan fingerprint density at radius 2 is 1.73 bits per heavy atom. The van der Waals surface area contributed by atoms with Crippen LogP contribution in [0.15, 0.2) is 109 Å². The van der Waals surface area contributed by atoms with Crippen LogP contribution >= 0.6 is 23.2 Å². The van der Waals surface area contributed by atoms with E-state index in [0.29, 0.717) is 64.6 Å². The number of piperidine rings is 1. The molecule has 13 heteroatoms. The van der Waals surface area contributed by atoms with Crippen LogP contribution in [-0.2, 0) is 11.3 Å². The molecule has 6 N–H and O–H groups in total. The molecule has 10 nitrogen and oxygen atoms in total. The lowest BCUT2D eigenvalue weighted by Crippen LogP contribution is -2.47. The fourth-order valence-corrected chi connectivity index (χ4v) is 6.41. The fourth-order valence-electron chi connectivity index (χ4n) is 5.96. The predicted octanol–water partition coefficient (Wildman–Crippen LogP) is 8.23. The summed E-state index contributed by atoms with van der Waals surface area (Å²) in [6.45, 7) is 1.21. The summed E-state index contributed by atoms with van der Waals surface area (Å²) >= 11 is 12.8. The second kappa shape index (κ2) is 16.0. The van der Waals surface area contributed by atoms with E-state index in [4.69, 9.17) is 39.5 Å². The summed E-state index contributed by atoms with van der Waals surface area (Å²) in [5.74, 6) is 6.01.